The molecule has 0 saturated carbocycles. The van der Waals surface area contributed by atoms with E-state index in [9.17, 15) is 39.9 Å². The van der Waals surface area contributed by atoms with Crippen molar-refractivity contribution < 1.29 is 54.1 Å². The molecule has 2 fully saturated rings. The number of aliphatic hydroxyl groups is 3. The molecular formula is C27H37NO11. The van der Waals surface area contributed by atoms with Crippen molar-refractivity contribution in [2.24, 2.45) is 5.92 Å². The zero-order valence-electron chi connectivity index (χ0n) is 22.4. The van der Waals surface area contributed by atoms with E-state index in [2.05, 4.69) is 6.58 Å². The number of benzene rings is 1. The molecule has 2 bridgehead atoms. The van der Waals surface area contributed by atoms with E-state index < -0.39 is 59.3 Å². The van der Waals surface area contributed by atoms with E-state index in [0.29, 0.717) is 12.0 Å². The van der Waals surface area contributed by atoms with Gasteiger partial charge in [0.25, 0.3) is 0 Å². The lowest BCUT2D eigenvalue weighted by atomic mass is 9.74. The van der Waals surface area contributed by atoms with Crippen LogP contribution in [-0.4, -0.2) is 110 Å². The molecule has 0 aliphatic carbocycles. The summed E-state index contributed by atoms with van der Waals surface area (Å²) in [5, 5.41) is 53.1. The fourth-order valence-corrected chi connectivity index (χ4v) is 5.56. The summed E-state index contributed by atoms with van der Waals surface area (Å²) in [5.41, 5.74) is -4.96. The Hall–Kier alpha value is -2.87. The van der Waals surface area contributed by atoms with Crippen molar-refractivity contribution in [3.63, 3.8) is 0 Å². The number of likely N-dealkylation sites (N-methyl/N-ethyl adjacent to an activating group) is 1. The number of aliphatic carboxylic acids is 2. The smallest absolute Gasteiger partial charge is 0.342 e. The molecule has 5 N–H and O–H groups in total. The first kappa shape index (κ1) is 30.7. The Kier molecular flexibility index (Phi) is 8.90. The van der Waals surface area contributed by atoms with Crippen LogP contribution in [0.5, 0.6) is 0 Å². The van der Waals surface area contributed by atoms with Gasteiger partial charge >= 0.3 is 17.9 Å². The van der Waals surface area contributed by atoms with E-state index in [4.69, 9.17) is 14.2 Å². The second-order valence-corrected chi connectivity index (χ2v) is 10.6. The van der Waals surface area contributed by atoms with Gasteiger partial charge in [-0.2, -0.15) is 0 Å². The predicted molar refractivity (Wildman–Crippen MR) is 135 cm³/mol. The van der Waals surface area contributed by atoms with Crippen LogP contribution in [-0.2, 0) is 35.0 Å². The van der Waals surface area contributed by atoms with Crippen LogP contribution in [0.3, 0.4) is 0 Å². The quantitative estimate of drug-likeness (QED) is 0.176. The van der Waals surface area contributed by atoms with Gasteiger partial charge in [-0.05, 0) is 38.1 Å². The van der Waals surface area contributed by atoms with Gasteiger partial charge in [-0.1, -0.05) is 43.8 Å². The summed E-state index contributed by atoms with van der Waals surface area (Å²) < 4.78 is 17.0. The minimum Gasteiger partial charge on any atom is -0.479 e. The van der Waals surface area contributed by atoms with Crippen LogP contribution in [0.15, 0.2) is 42.5 Å². The standard InChI is InChI=1S/C27H37NO11/c1-15(20(37-17(3)29)16(2)13-18-9-7-6-8-10-18)11-12-25-21(30)22(31)27(39-25,24(34)35)26(36,23(32)33)19(38-25)14-28(4)5/h6-10,16,19-22,30-31,36H,1,11-14H2,2-5H3,(H,32,33)(H,34,35)/t16-,19-,20-,21-,22-,25+,26-,27+/m1/s1. The Labute approximate surface area is 226 Å². The van der Waals surface area contributed by atoms with Crippen molar-refractivity contribution in [2.75, 3.05) is 20.6 Å². The van der Waals surface area contributed by atoms with Gasteiger partial charge in [-0.25, -0.2) is 9.59 Å². The molecule has 0 radical (unpaired) electrons. The van der Waals surface area contributed by atoms with Crippen molar-refractivity contribution >= 4 is 17.9 Å². The molecule has 1 aromatic rings. The lowest BCUT2D eigenvalue weighted by Crippen LogP contribution is -2.77. The van der Waals surface area contributed by atoms with Gasteiger partial charge in [0.15, 0.2) is 5.79 Å². The van der Waals surface area contributed by atoms with Crippen molar-refractivity contribution in [1.82, 2.24) is 4.90 Å². The maximum Gasteiger partial charge on any atom is 0.342 e. The highest BCUT2D eigenvalue weighted by atomic mass is 16.8. The van der Waals surface area contributed by atoms with Crippen molar-refractivity contribution in [3.8, 4) is 0 Å². The molecule has 2 aliphatic rings. The first-order valence-electron chi connectivity index (χ1n) is 12.6. The molecule has 0 unspecified atom stereocenters. The second-order valence-electron chi connectivity index (χ2n) is 10.6. The molecule has 0 aromatic heterocycles. The highest BCUT2D eigenvalue weighted by Crippen LogP contribution is 2.54. The molecule has 216 valence electrons. The number of aliphatic hydroxyl groups excluding tert-OH is 2. The summed E-state index contributed by atoms with van der Waals surface area (Å²) in [6.45, 7) is 6.92. The third-order valence-electron chi connectivity index (χ3n) is 7.46. The Morgan fingerprint density at radius 2 is 1.72 bits per heavy atom. The molecule has 1 aromatic carbocycles. The molecule has 3 rings (SSSR count). The molecule has 8 atom stereocenters. The molecule has 12 heteroatoms. The molecule has 39 heavy (non-hydrogen) atoms. The fourth-order valence-electron chi connectivity index (χ4n) is 5.56. The van der Waals surface area contributed by atoms with Crippen LogP contribution in [0.2, 0.25) is 0 Å². The maximum absolute atomic E-state index is 12.5. The van der Waals surface area contributed by atoms with Gasteiger partial charge in [0.05, 0.1) is 0 Å². The third-order valence-corrected chi connectivity index (χ3v) is 7.46. The van der Waals surface area contributed by atoms with Gasteiger partial charge < -0.3 is 44.6 Å². The van der Waals surface area contributed by atoms with E-state index >= 15 is 0 Å². The van der Waals surface area contributed by atoms with Crippen molar-refractivity contribution in [2.45, 2.75) is 74.5 Å². The molecular weight excluding hydrogens is 514 g/mol. The number of hydrogen-bond donors (Lipinski definition) is 5. The average molecular weight is 552 g/mol. The lowest BCUT2D eigenvalue weighted by molar-refractivity contribution is -0.380. The van der Waals surface area contributed by atoms with E-state index in [1.54, 1.807) is 14.1 Å². The van der Waals surface area contributed by atoms with Crippen LogP contribution >= 0.6 is 0 Å². The number of carboxylic acids is 2. The number of carbonyl (C=O) groups excluding carboxylic acids is 1. The number of ether oxygens (including phenoxy) is 3. The number of carbonyl (C=O) groups is 3. The van der Waals surface area contributed by atoms with Gasteiger partial charge in [0.2, 0.25) is 11.2 Å². The lowest BCUT2D eigenvalue weighted by Gasteiger charge is -2.50. The third kappa shape index (κ3) is 5.32. The molecule has 12 nitrogen and oxygen atoms in total. The average Bonchev–Trinajstić information content (AvgIpc) is 3.05. The normalized spacial score (nSPS) is 33.4. The minimum atomic E-state index is -3.25. The molecule has 2 aliphatic heterocycles. The molecule has 0 spiro atoms. The zero-order chi connectivity index (χ0) is 29.3. The summed E-state index contributed by atoms with van der Waals surface area (Å²) in [7, 11) is 3.10. The topological polar surface area (TPSA) is 183 Å². The van der Waals surface area contributed by atoms with E-state index in [0.717, 1.165) is 5.56 Å². The van der Waals surface area contributed by atoms with E-state index in [1.165, 1.54) is 11.8 Å². The predicted octanol–water partition coefficient (Wildman–Crippen LogP) is 0.181. The summed E-state index contributed by atoms with van der Waals surface area (Å²) in [5.74, 6) is -6.92. The molecule has 0 amide bonds. The first-order chi connectivity index (χ1) is 18.1. The summed E-state index contributed by atoms with van der Waals surface area (Å²) in [6.07, 6.45) is -6.60. The number of fused-ring (bicyclic) bond motifs is 2. The van der Waals surface area contributed by atoms with E-state index in [-0.39, 0.29) is 25.3 Å². The summed E-state index contributed by atoms with van der Waals surface area (Å²) in [6, 6.07) is 9.52. The van der Waals surface area contributed by atoms with Gasteiger partial charge in [-0.3, -0.25) is 4.79 Å². The number of esters is 1. The summed E-state index contributed by atoms with van der Waals surface area (Å²) in [4.78, 5) is 38.1. The van der Waals surface area contributed by atoms with Crippen LogP contribution < -0.4 is 0 Å². The van der Waals surface area contributed by atoms with E-state index in [1.807, 2.05) is 37.3 Å². The van der Waals surface area contributed by atoms with Gasteiger partial charge in [0.1, 0.15) is 24.4 Å². The second kappa shape index (κ2) is 11.3. The fraction of sp³-hybridized carbons (Fsp3) is 0.593. The number of nitrogens with zero attached hydrogens (tertiary/aromatic N) is 1. The van der Waals surface area contributed by atoms with Crippen LogP contribution in [0.1, 0.15) is 32.3 Å². The Morgan fingerprint density at radius 1 is 1.10 bits per heavy atom. The number of rotatable bonds is 12. The SMILES string of the molecule is C=C(CC[C@]12O[C@H](CN(C)C)[C@@](O)(C(=O)O)[C@](C(=O)O)(O1)[C@H](O)[C@H]2O)[C@@H](OC(C)=O)[C@H](C)Cc1ccccc1. The highest BCUT2D eigenvalue weighted by molar-refractivity contribution is 5.93. The highest BCUT2D eigenvalue weighted by Gasteiger charge is 2.83. The Bertz CT molecular complexity index is 1090. The van der Waals surface area contributed by atoms with Gasteiger partial charge in [0, 0.05) is 25.8 Å². The number of hydrogen-bond acceptors (Lipinski definition) is 10. The monoisotopic (exact) mass is 551 g/mol. The van der Waals surface area contributed by atoms with Crippen LogP contribution in [0.4, 0.5) is 0 Å². The Morgan fingerprint density at radius 3 is 2.23 bits per heavy atom. The molecule has 2 heterocycles. The first-order valence-corrected chi connectivity index (χ1v) is 12.6. The largest absolute Gasteiger partial charge is 0.479 e. The maximum atomic E-state index is 12.5. The van der Waals surface area contributed by atoms with Crippen LogP contribution in [0.25, 0.3) is 0 Å². The Balaban J connectivity index is 1.93. The van der Waals surface area contributed by atoms with Gasteiger partial charge in [-0.15, -0.1) is 0 Å². The zero-order valence-corrected chi connectivity index (χ0v) is 22.4. The molecule has 2 saturated heterocycles. The van der Waals surface area contributed by atoms with Crippen molar-refractivity contribution in [1.29, 1.82) is 0 Å². The summed E-state index contributed by atoms with van der Waals surface area (Å²) >= 11 is 0. The number of carboxylic acid groups (broad SMARTS) is 2. The minimum absolute atomic E-state index is 0.0171. The van der Waals surface area contributed by atoms with Crippen LogP contribution in [0, 0.1) is 5.92 Å². The van der Waals surface area contributed by atoms with Crippen molar-refractivity contribution in [3.05, 3.63) is 48.0 Å².